The molecule has 1 aliphatic rings. The van der Waals surface area contributed by atoms with Crippen molar-refractivity contribution in [3.05, 3.63) is 16.4 Å². The second-order valence-corrected chi connectivity index (χ2v) is 6.49. The summed E-state index contributed by atoms with van der Waals surface area (Å²) < 4.78 is 1.58. The van der Waals surface area contributed by atoms with Crippen LogP contribution >= 0.6 is 11.6 Å². The second-order valence-electron chi connectivity index (χ2n) is 6.14. The second kappa shape index (κ2) is 6.17. The normalized spacial score (nSPS) is 17.7. The summed E-state index contributed by atoms with van der Waals surface area (Å²) in [6.07, 6.45) is 4.96. The zero-order valence-corrected chi connectivity index (χ0v) is 13.5. The lowest BCUT2D eigenvalue weighted by molar-refractivity contribution is 0.0926. The fourth-order valence-electron chi connectivity index (χ4n) is 2.99. The maximum atomic E-state index is 12.5. The van der Waals surface area contributed by atoms with Crippen molar-refractivity contribution in [1.82, 2.24) is 15.1 Å². The molecule has 0 aromatic carbocycles. The number of nitrogens with one attached hydrogen (secondary N) is 1. The van der Waals surface area contributed by atoms with E-state index in [9.17, 15) is 4.79 Å². The number of aromatic nitrogens is 2. The number of rotatable bonds is 4. The van der Waals surface area contributed by atoms with E-state index >= 15 is 0 Å². The lowest BCUT2D eigenvalue weighted by Crippen LogP contribution is -2.37. The van der Waals surface area contributed by atoms with Crippen LogP contribution in [0.15, 0.2) is 0 Å². The van der Waals surface area contributed by atoms with E-state index in [0.29, 0.717) is 16.6 Å². The molecule has 1 aliphatic carbocycles. The third-order valence-corrected chi connectivity index (χ3v) is 4.68. The minimum absolute atomic E-state index is 0.0915. The molecular formula is C15H24ClN3O. The molecule has 1 amide bonds. The van der Waals surface area contributed by atoms with Crippen molar-refractivity contribution < 1.29 is 4.79 Å². The van der Waals surface area contributed by atoms with Gasteiger partial charge < -0.3 is 5.32 Å². The number of carbonyl (C=O) groups excluding carboxylic acids is 1. The standard InChI is InChI=1S/C15H24ClN3O/c1-9(2)13-12(14(16)19(4)18-13)15(20)17-10(3)11-7-5-6-8-11/h9-11H,5-8H2,1-4H3,(H,17,20)/t10-/m0/s1. The van der Waals surface area contributed by atoms with Crippen LogP contribution in [0.3, 0.4) is 0 Å². The van der Waals surface area contributed by atoms with Gasteiger partial charge in [0.05, 0.1) is 11.3 Å². The monoisotopic (exact) mass is 297 g/mol. The van der Waals surface area contributed by atoms with Gasteiger partial charge in [0.1, 0.15) is 5.15 Å². The first-order valence-corrected chi connectivity index (χ1v) is 7.82. The molecule has 112 valence electrons. The average Bonchev–Trinajstić information content (AvgIpc) is 2.99. The van der Waals surface area contributed by atoms with Crippen LogP contribution < -0.4 is 5.32 Å². The smallest absolute Gasteiger partial charge is 0.256 e. The van der Waals surface area contributed by atoms with E-state index in [4.69, 9.17) is 11.6 Å². The highest BCUT2D eigenvalue weighted by Crippen LogP contribution is 2.29. The highest BCUT2D eigenvalue weighted by atomic mass is 35.5. The highest BCUT2D eigenvalue weighted by Gasteiger charge is 2.27. The van der Waals surface area contributed by atoms with Crippen LogP contribution in [0.25, 0.3) is 0 Å². The Bertz CT molecular complexity index is 490. The number of amides is 1. The molecule has 1 N–H and O–H groups in total. The molecule has 1 fully saturated rings. The SMILES string of the molecule is CC(C)c1nn(C)c(Cl)c1C(=O)N[C@@H](C)C1CCCC1. The van der Waals surface area contributed by atoms with E-state index < -0.39 is 0 Å². The Balaban J connectivity index is 2.16. The van der Waals surface area contributed by atoms with Crippen LogP contribution in [0.4, 0.5) is 0 Å². The number of hydrogen-bond acceptors (Lipinski definition) is 2. The average molecular weight is 298 g/mol. The van der Waals surface area contributed by atoms with Gasteiger partial charge in [0.25, 0.3) is 5.91 Å². The molecule has 4 nitrogen and oxygen atoms in total. The van der Waals surface area contributed by atoms with Crippen LogP contribution in [-0.2, 0) is 7.05 Å². The van der Waals surface area contributed by atoms with E-state index in [-0.39, 0.29) is 17.9 Å². The summed E-state index contributed by atoms with van der Waals surface area (Å²) >= 11 is 6.24. The first-order chi connectivity index (χ1) is 9.41. The van der Waals surface area contributed by atoms with Gasteiger partial charge in [0.2, 0.25) is 0 Å². The van der Waals surface area contributed by atoms with Crippen LogP contribution in [0.5, 0.6) is 0 Å². The molecule has 1 atom stereocenters. The molecule has 1 aromatic heterocycles. The van der Waals surface area contributed by atoms with Gasteiger partial charge in [-0.05, 0) is 31.6 Å². The van der Waals surface area contributed by atoms with Crippen LogP contribution in [-0.4, -0.2) is 21.7 Å². The molecule has 0 radical (unpaired) electrons. The Hall–Kier alpha value is -1.03. The number of carbonyl (C=O) groups is 1. The van der Waals surface area contributed by atoms with Crippen molar-refractivity contribution in [3.8, 4) is 0 Å². The summed E-state index contributed by atoms with van der Waals surface area (Å²) in [6.45, 7) is 6.14. The fraction of sp³-hybridized carbons (Fsp3) is 0.733. The summed E-state index contributed by atoms with van der Waals surface area (Å²) in [4.78, 5) is 12.5. The molecule has 1 aromatic rings. The third kappa shape index (κ3) is 3.00. The third-order valence-electron chi connectivity index (χ3n) is 4.24. The first kappa shape index (κ1) is 15.4. The quantitative estimate of drug-likeness (QED) is 0.924. The summed E-state index contributed by atoms with van der Waals surface area (Å²) in [7, 11) is 1.77. The maximum absolute atomic E-state index is 12.5. The van der Waals surface area contributed by atoms with Crippen molar-refractivity contribution in [1.29, 1.82) is 0 Å². The number of nitrogens with zero attached hydrogens (tertiary/aromatic N) is 2. The minimum atomic E-state index is -0.0915. The summed E-state index contributed by atoms with van der Waals surface area (Å²) in [5.74, 6) is 0.680. The summed E-state index contributed by atoms with van der Waals surface area (Å²) in [6, 6.07) is 0.196. The Morgan fingerprint density at radius 1 is 1.35 bits per heavy atom. The molecule has 0 aliphatic heterocycles. The van der Waals surface area contributed by atoms with Gasteiger partial charge in [-0.2, -0.15) is 5.10 Å². The predicted octanol–water partition coefficient (Wildman–Crippen LogP) is 3.51. The molecule has 1 saturated carbocycles. The Labute approximate surface area is 125 Å². The van der Waals surface area contributed by atoms with Gasteiger partial charge in [-0.25, -0.2) is 0 Å². The predicted molar refractivity (Wildman–Crippen MR) is 81.2 cm³/mol. The molecule has 1 heterocycles. The van der Waals surface area contributed by atoms with Crippen LogP contribution in [0, 0.1) is 5.92 Å². The summed E-state index contributed by atoms with van der Waals surface area (Å²) in [5.41, 5.74) is 1.31. The van der Waals surface area contributed by atoms with Gasteiger partial charge >= 0.3 is 0 Å². The molecule has 2 rings (SSSR count). The van der Waals surface area contributed by atoms with E-state index in [1.54, 1.807) is 11.7 Å². The number of aryl methyl sites for hydroxylation is 1. The van der Waals surface area contributed by atoms with E-state index in [1.807, 2.05) is 13.8 Å². The van der Waals surface area contributed by atoms with Gasteiger partial charge in [-0.1, -0.05) is 38.3 Å². The van der Waals surface area contributed by atoms with E-state index in [2.05, 4.69) is 17.3 Å². The van der Waals surface area contributed by atoms with Gasteiger partial charge in [0.15, 0.2) is 0 Å². The zero-order chi connectivity index (χ0) is 14.9. The van der Waals surface area contributed by atoms with Crippen molar-refractivity contribution in [3.63, 3.8) is 0 Å². The van der Waals surface area contributed by atoms with Crippen molar-refractivity contribution >= 4 is 17.5 Å². The first-order valence-electron chi connectivity index (χ1n) is 7.45. The van der Waals surface area contributed by atoms with Crippen LogP contribution in [0.1, 0.15) is 68.4 Å². The highest BCUT2D eigenvalue weighted by molar-refractivity contribution is 6.33. The molecule has 20 heavy (non-hydrogen) atoms. The maximum Gasteiger partial charge on any atom is 0.256 e. The summed E-state index contributed by atoms with van der Waals surface area (Å²) in [5, 5.41) is 7.89. The van der Waals surface area contributed by atoms with Crippen molar-refractivity contribution in [2.75, 3.05) is 0 Å². The molecular weight excluding hydrogens is 274 g/mol. The van der Waals surface area contributed by atoms with Crippen molar-refractivity contribution in [2.24, 2.45) is 13.0 Å². The lowest BCUT2D eigenvalue weighted by Gasteiger charge is -2.20. The van der Waals surface area contributed by atoms with Crippen molar-refractivity contribution in [2.45, 2.75) is 58.4 Å². The van der Waals surface area contributed by atoms with Gasteiger partial charge in [-0.3, -0.25) is 9.48 Å². The molecule has 0 saturated heterocycles. The zero-order valence-electron chi connectivity index (χ0n) is 12.7. The Morgan fingerprint density at radius 3 is 2.50 bits per heavy atom. The molecule has 0 unspecified atom stereocenters. The largest absolute Gasteiger partial charge is 0.349 e. The van der Waals surface area contributed by atoms with Crippen LogP contribution in [0.2, 0.25) is 5.15 Å². The van der Waals surface area contributed by atoms with E-state index in [0.717, 1.165) is 5.69 Å². The Kier molecular flexibility index (Phi) is 4.74. The number of halogens is 1. The molecule has 0 spiro atoms. The Morgan fingerprint density at radius 2 is 1.95 bits per heavy atom. The van der Waals surface area contributed by atoms with Gasteiger partial charge in [0, 0.05) is 13.1 Å². The van der Waals surface area contributed by atoms with E-state index in [1.165, 1.54) is 25.7 Å². The topological polar surface area (TPSA) is 46.9 Å². The molecule has 5 heteroatoms. The van der Waals surface area contributed by atoms with Gasteiger partial charge in [-0.15, -0.1) is 0 Å². The number of hydrogen-bond donors (Lipinski definition) is 1. The molecule has 0 bridgehead atoms. The minimum Gasteiger partial charge on any atom is -0.349 e. The fourth-order valence-corrected chi connectivity index (χ4v) is 3.21. The lowest BCUT2D eigenvalue weighted by atomic mass is 9.99.